The topological polar surface area (TPSA) is 43.8 Å². The summed E-state index contributed by atoms with van der Waals surface area (Å²) >= 11 is 0. The van der Waals surface area contributed by atoms with Gasteiger partial charge >= 0.3 is 6.18 Å². The summed E-state index contributed by atoms with van der Waals surface area (Å²) in [6, 6.07) is 4.36. The van der Waals surface area contributed by atoms with Crippen molar-refractivity contribution in [1.82, 2.24) is 9.55 Å². The Bertz CT molecular complexity index is 528. The normalized spacial score (nSPS) is 13.6. The van der Waals surface area contributed by atoms with E-state index in [2.05, 4.69) is 4.98 Å². The maximum absolute atomic E-state index is 12.4. The number of aryl methyl sites for hydroxylation is 1. The Kier molecular flexibility index (Phi) is 3.13. The third kappa shape index (κ3) is 2.38. The third-order valence-corrected chi connectivity index (χ3v) is 2.77. The van der Waals surface area contributed by atoms with Crippen LogP contribution in [0.1, 0.15) is 22.9 Å². The first-order valence-electron chi connectivity index (χ1n) is 5.28. The zero-order valence-electron chi connectivity index (χ0n) is 9.65. The number of aromatic nitrogens is 2. The highest BCUT2D eigenvalue weighted by Crippen LogP contribution is 2.30. The molecule has 0 aliphatic carbocycles. The summed E-state index contributed by atoms with van der Waals surface area (Å²) in [7, 11) is 1.78. The Hall–Kier alpha value is -1.82. The lowest BCUT2D eigenvalue weighted by atomic mass is 10.0. The van der Waals surface area contributed by atoms with E-state index >= 15 is 0 Å². The summed E-state index contributed by atoms with van der Waals surface area (Å²) in [5.74, 6) is 0. The van der Waals surface area contributed by atoms with E-state index in [9.17, 15) is 13.2 Å². The van der Waals surface area contributed by atoms with Crippen LogP contribution in [0.2, 0.25) is 0 Å². The molecule has 6 heteroatoms. The molecule has 1 heterocycles. The molecule has 0 saturated heterocycles. The molecule has 0 amide bonds. The second-order valence-electron chi connectivity index (χ2n) is 4.03. The molecule has 1 aromatic heterocycles. The van der Waals surface area contributed by atoms with Crippen molar-refractivity contribution in [1.29, 1.82) is 0 Å². The molecule has 0 saturated carbocycles. The molecular formula is C12H12F3N3. The van der Waals surface area contributed by atoms with E-state index < -0.39 is 17.8 Å². The maximum Gasteiger partial charge on any atom is 0.416 e. The summed E-state index contributed by atoms with van der Waals surface area (Å²) in [6.45, 7) is 0. The minimum atomic E-state index is -4.32. The van der Waals surface area contributed by atoms with Gasteiger partial charge in [-0.3, -0.25) is 0 Å². The quantitative estimate of drug-likeness (QED) is 0.896. The fourth-order valence-electron chi connectivity index (χ4n) is 1.72. The molecule has 2 aromatic rings. The van der Waals surface area contributed by atoms with Crippen molar-refractivity contribution >= 4 is 0 Å². The van der Waals surface area contributed by atoms with E-state index in [-0.39, 0.29) is 0 Å². The number of rotatable bonds is 2. The van der Waals surface area contributed by atoms with Gasteiger partial charge in [-0.05, 0) is 17.7 Å². The molecule has 18 heavy (non-hydrogen) atoms. The molecular weight excluding hydrogens is 243 g/mol. The van der Waals surface area contributed by atoms with Gasteiger partial charge in [0.25, 0.3) is 0 Å². The van der Waals surface area contributed by atoms with Crippen molar-refractivity contribution < 1.29 is 13.2 Å². The molecule has 0 spiro atoms. The van der Waals surface area contributed by atoms with Crippen LogP contribution in [0.15, 0.2) is 36.8 Å². The van der Waals surface area contributed by atoms with Gasteiger partial charge in [-0.25, -0.2) is 4.98 Å². The molecule has 0 radical (unpaired) electrons. The lowest BCUT2D eigenvalue weighted by Crippen LogP contribution is -2.15. The zero-order chi connectivity index (χ0) is 13.3. The predicted molar refractivity (Wildman–Crippen MR) is 60.7 cm³/mol. The highest BCUT2D eigenvalue weighted by atomic mass is 19.4. The Morgan fingerprint density at radius 2 is 1.83 bits per heavy atom. The first-order chi connectivity index (χ1) is 8.39. The molecule has 1 unspecified atom stereocenters. The van der Waals surface area contributed by atoms with Crippen LogP contribution in [-0.2, 0) is 13.2 Å². The summed E-state index contributed by atoms with van der Waals surface area (Å²) in [6.07, 6.45) is -1.13. The van der Waals surface area contributed by atoms with Gasteiger partial charge in [0.15, 0.2) is 0 Å². The van der Waals surface area contributed by atoms with Gasteiger partial charge < -0.3 is 10.3 Å². The summed E-state index contributed by atoms with van der Waals surface area (Å²) in [4.78, 5) is 3.93. The first-order valence-corrected chi connectivity index (χ1v) is 5.28. The predicted octanol–water partition coefficient (Wildman–Crippen LogP) is 2.49. The monoisotopic (exact) mass is 255 g/mol. The average molecular weight is 255 g/mol. The standard InChI is InChI=1S/C12H12F3N3/c1-18-7-17-6-10(18)11(16)8-2-4-9(5-3-8)12(13,14)15/h2-7,11H,16H2,1H3. The Labute approximate surface area is 102 Å². The molecule has 0 aliphatic heterocycles. The molecule has 2 rings (SSSR count). The van der Waals surface area contributed by atoms with Gasteiger partial charge in [-0.15, -0.1) is 0 Å². The lowest BCUT2D eigenvalue weighted by molar-refractivity contribution is -0.137. The fourth-order valence-corrected chi connectivity index (χ4v) is 1.72. The average Bonchev–Trinajstić information content (AvgIpc) is 2.73. The number of hydrogen-bond acceptors (Lipinski definition) is 2. The second kappa shape index (κ2) is 4.45. The maximum atomic E-state index is 12.4. The zero-order valence-corrected chi connectivity index (χ0v) is 9.65. The molecule has 96 valence electrons. The minimum absolute atomic E-state index is 0.486. The van der Waals surface area contributed by atoms with Crippen molar-refractivity contribution in [3.05, 3.63) is 53.6 Å². The Balaban J connectivity index is 2.28. The molecule has 0 bridgehead atoms. The van der Waals surface area contributed by atoms with Gasteiger partial charge in [0, 0.05) is 7.05 Å². The molecule has 3 nitrogen and oxygen atoms in total. The van der Waals surface area contributed by atoms with E-state index in [1.165, 1.54) is 12.1 Å². The van der Waals surface area contributed by atoms with Crippen LogP contribution < -0.4 is 5.73 Å². The van der Waals surface area contributed by atoms with Gasteiger partial charge in [0.1, 0.15) is 0 Å². The van der Waals surface area contributed by atoms with E-state index in [1.807, 2.05) is 0 Å². The first kappa shape index (κ1) is 12.6. The van der Waals surface area contributed by atoms with Crippen molar-refractivity contribution in [3.8, 4) is 0 Å². The van der Waals surface area contributed by atoms with Crippen LogP contribution in [0.5, 0.6) is 0 Å². The van der Waals surface area contributed by atoms with Crippen molar-refractivity contribution in [2.45, 2.75) is 12.2 Å². The van der Waals surface area contributed by atoms with Gasteiger partial charge in [-0.2, -0.15) is 13.2 Å². The molecule has 2 N–H and O–H groups in total. The van der Waals surface area contributed by atoms with Gasteiger partial charge in [0.05, 0.1) is 29.8 Å². The number of benzene rings is 1. The van der Waals surface area contributed by atoms with E-state index in [4.69, 9.17) is 5.73 Å². The lowest BCUT2D eigenvalue weighted by Gasteiger charge is -2.14. The van der Waals surface area contributed by atoms with Crippen molar-refractivity contribution in [3.63, 3.8) is 0 Å². The van der Waals surface area contributed by atoms with E-state index in [0.29, 0.717) is 5.56 Å². The minimum Gasteiger partial charge on any atom is -0.336 e. The number of imidazole rings is 1. The number of alkyl halides is 3. The van der Waals surface area contributed by atoms with Crippen LogP contribution in [0.4, 0.5) is 13.2 Å². The smallest absolute Gasteiger partial charge is 0.336 e. The molecule has 0 aliphatic rings. The van der Waals surface area contributed by atoms with E-state index in [1.54, 1.807) is 24.1 Å². The highest BCUT2D eigenvalue weighted by Gasteiger charge is 2.30. The van der Waals surface area contributed by atoms with Crippen LogP contribution in [-0.4, -0.2) is 9.55 Å². The fraction of sp³-hybridized carbons (Fsp3) is 0.250. The Morgan fingerprint density at radius 1 is 1.22 bits per heavy atom. The molecule has 0 fully saturated rings. The highest BCUT2D eigenvalue weighted by molar-refractivity contribution is 5.30. The number of halogens is 3. The van der Waals surface area contributed by atoms with Crippen molar-refractivity contribution in [2.75, 3.05) is 0 Å². The summed E-state index contributed by atoms with van der Waals surface area (Å²) < 4.78 is 39.0. The second-order valence-corrected chi connectivity index (χ2v) is 4.03. The van der Waals surface area contributed by atoms with Crippen LogP contribution >= 0.6 is 0 Å². The van der Waals surface area contributed by atoms with E-state index in [0.717, 1.165) is 17.8 Å². The summed E-state index contributed by atoms with van der Waals surface area (Å²) in [5.41, 5.74) is 6.66. The third-order valence-electron chi connectivity index (χ3n) is 2.77. The Morgan fingerprint density at radius 3 is 2.28 bits per heavy atom. The SMILES string of the molecule is Cn1cncc1C(N)c1ccc(C(F)(F)F)cc1. The van der Waals surface area contributed by atoms with Crippen LogP contribution in [0.3, 0.4) is 0 Å². The number of nitrogens with zero attached hydrogens (tertiary/aromatic N) is 2. The largest absolute Gasteiger partial charge is 0.416 e. The molecule has 1 atom stereocenters. The van der Waals surface area contributed by atoms with Crippen molar-refractivity contribution in [2.24, 2.45) is 12.8 Å². The number of nitrogens with two attached hydrogens (primary N) is 1. The molecule has 1 aromatic carbocycles. The van der Waals surface area contributed by atoms with Gasteiger partial charge in [-0.1, -0.05) is 12.1 Å². The summed E-state index contributed by atoms with van der Waals surface area (Å²) in [5, 5.41) is 0. The van der Waals surface area contributed by atoms with Gasteiger partial charge in [0.2, 0.25) is 0 Å². The number of hydrogen-bond donors (Lipinski definition) is 1. The van der Waals surface area contributed by atoms with Crippen LogP contribution in [0, 0.1) is 0 Å². The van der Waals surface area contributed by atoms with Crippen LogP contribution in [0.25, 0.3) is 0 Å².